The summed E-state index contributed by atoms with van der Waals surface area (Å²) in [7, 11) is 0. The van der Waals surface area contributed by atoms with Gasteiger partial charge in [-0.15, -0.1) is 0 Å². The fourth-order valence-corrected chi connectivity index (χ4v) is 4.44. The molecule has 1 aliphatic carbocycles. The van der Waals surface area contributed by atoms with E-state index >= 15 is 0 Å². The first-order valence-corrected chi connectivity index (χ1v) is 7.56. The molecule has 0 bridgehead atoms. The smallest absolute Gasteiger partial charge is 0.0181 e. The van der Waals surface area contributed by atoms with Gasteiger partial charge in [-0.3, -0.25) is 0 Å². The van der Waals surface area contributed by atoms with Crippen LogP contribution in [-0.2, 0) is 0 Å². The van der Waals surface area contributed by atoms with E-state index < -0.39 is 0 Å². The van der Waals surface area contributed by atoms with Gasteiger partial charge in [0.1, 0.15) is 0 Å². The minimum absolute atomic E-state index is 0.843. The lowest BCUT2D eigenvalue weighted by atomic mass is 10.00. The van der Waals surface area contributed by atoms with E-state index in [0.29, 0.717) is 0 Å². The molecule has 1 rings (SSSR count). The second-order valence-corrected chi connectivity index (χ2v) is 6.07. The summed E-state index contributed by atoms with van der Waals surface area (Å²) in [6, 6.07) is 0. The highest BCUT2D eigenvalue weighted by Crippen LogP contribution is 2.35. The maximum atomic E-state index is 3.96. The largest absolute Gasteiger partial charge is 0.161 e. The minimum Gasteiger partial charge on any atom is -0.161 e. The van der Waals surface area contributed by atoms with Gasteiger partial charge in [0.2, 0.25) is 0 Å². The molecule has 0 spiro atoms. The highest BCUT2D eigenvalue weighted by molar-refractivity contribution is 8.03. The van der Waals surface area contributed by atoms with E-state index in [4.69, 9.17) is 0 Å². The van der Waals surface area contributed by atoms with Gasteiger partial charge in [0, 0.05) is 16.3 Å². The molecular weight excluding hydrogens is 208 g/mol. The third-order valence-corrected chi connectivity index (χ3v) is 5.59. The summed E-state index contributed by atoms with van der Waals surface area (Å²) in [5.41, 5.74) is 1.17. The Morgan fingerprint density at radius 3 is 2.57 bits per heavy atom. The molecule has 0 heterocycles. The fourth-order valence-electron chi connectivity index (χ4n) is 1.80. The molecule has 2 atom stereocenters. The van der Waals surface area contributed by atoms with Crippen molar-refractivity contribution >= 4 is 23.5 Å². The van der Waals surface area contributed by atoms with Gasteiger partial charge in [0.05, 0.1) is 0 Å². The summed E-state index contributed by atoms with van der Waals surface area (Å²) >= 11 is 4.11. The Labute approximate surface area is 96.6 Å². The molecule has 0 radical (unpaired) electrons. The number of hydrogen-bond donors (Lipinski definition) is 0. The van der Waals surface area contributed by atoms with Crippen LogP contribution >= 0.6 is 23.5 Å². The van der Waals surface area contributed by atoms with E-state index in [2.05, 4.69) is 31.2 Å². The van der Waals surface area contributed by atoms with Crippen molar-refractivity contribution in [3.8, 4) is 0 Å². The van der Waals surface area contributed by atoms with Gasteiger partial charge in [0.25, 0.3) is 0 Å². The maximum Gasteiger partial charge on any atom is 0.0181 e. The summed E-state index contributed by atoms with van der Waals surface area (Å²) < 4.78 is 0. The lowest BCUT2D eigenvalue weighted by molar-refractivity contribution is 0.528. The number of rotatable bonds is 5. The predicted molar refractivity (Wildman–Crippen MR) is 71.4 cm³/mol. The first kappa shape index (κ1) is 12.3. The molecular formula is C12H20S2. The lowest BCUT2D eigenvalue weighted by Crippen LogP contribution is -2.24. The molecule has 1 aliphatic rings. The van der Waals surface area contributed by atoms with Gasteiger partial charge in [-0.1, -0.05) is 32.1 Å². The standard InChI is InChI=1S/C12H20S2/c1-4-10(2)9-14-12-8-6-5-7-11(12)13-3/h4,11-12H,1-2,5-9H2,3H3. The molecule has 80 valence electrons. The van der Waals surface area contributed by atoms with Crippen molar-refractivity contribution in [3.63, 3.8) is 0 Å². The Morgan fingerprint density at radius 1 is 1.36 bits per heavy atom. The Balaban J connectivity index is 2.33. The Bertz CT molecular complexity index is 198. The van der Waals surface area contributed by atoms with Gasteiger partial charge in [-0.05, 0) is 24.7 Å². The van der Waals surface area contributed by atoms with E-state index in [-0.39, 0.29) is 0 Å². The molecule has 0 saturated heterocycles. The van der Waals surface area contributed by atoms with Crippen molar-refractivity contribution in [1.82, 2.24) is 0 Å². The summed E-state index contributed by atoms with van der Waals surface area (Å²) in [6.07, 6.45) is 9.75. The average Bonchev–Trinajstić information content (AvgIpc) is 2.26. The third kappa shape index (κ3) is 3.74. The van der Waals surface area contributed by atoms with Crippen molar-refractivity contribution in [1.29, 1.82) is 0 Å². The van der Waals surface area contributed by atoms with E-state index in [0.717, 1.165) is 16.3 Å². The normalized spacial score (nSPS) is 27.2. The van der Waals surface area contributed by atoms with Gasteiger partial charge >= 0.3 is 0 Å². The van der Waals surface area contributed by atoms with Crippen LogP contribution in [0.5, 0.6) is 0 Å². The van der Waals surface area contributed by atoms with Crippen LogP contribution in [0.15, 0.2) is 24.8 Å². The molecule has 1 saturated carbocycles. The molecule has 2 heteroatoms. The highest BCUT2D eigenvalue weighted by atomic mass is 32.2. The van der Waals surface area contributed by atoms with Crippen LogP contribution in [0.4, 0.5) is 0 Å². The van der Waals surface area contributed by atoms with E-state index in [9.17, 15) is 0 Å². The minimum atomic E-state index is 0.843. The first-order chi connectivity index (χ1) is 6.77. The molecule has 0 aromatic carbocycles. The van der Waals surface area contributed by atoms with E-state index in [1.54, 1.807) is 0 Å². The maximum absolute atomic E-state index is 3.96. The van der Waals surface area contributed by atoms with Gasteiger partial charge in [-0.25, -0.2) is 0 Å². The van der Waals surface area contributed by atoms with Crippen LogP contribution < -0.4 is 0 Å². The Kier molecular flexibility index (Phi) is 5.80. The van der Waals surface area contributed by atoms with Crippen LogP contribution in [0, 0.1) is 0 Å². The Morgan fingerprint density at radius 2 is 2.00 bits per heavy atom. The van der Waals surface area contributed by atoms with Crippen LogP contribution in [0.25, 0.3) is 0 Å². The number of hydrogen-bond acceptors (Lipinski definition) is 2. The zero-order valence-corrected chi connectivity index (χ0v) is 10.6. The van der Waals surface area contributed by atoms with Crippen molar-refractivity contribution < 1.29 is 0 Å². The van der Waals surface area contributed by atoms with Gasteiger partial charge in [0.15, 0.2) is 0 Å². The van der Waals surface area contributed by atoms with Crippen molar-refractivity contribution in [3.05, 3.63) is 24.8 Å². The van der Waals surface area contributed by atoms with Crippen LogP contribution in [-0.4, -0.2) is 22.5 Å². The molecule has 0 N–H and O–H groups in total. The second-order valence-electron chi connectivity index (χ2n) is 3.77. The number of allylic oxidation sites excluding steroid dienone is 1. The zero-order chi connectivity index (χ0) is 10.4. The SMILES string of the molecule is C=CC(=C)CSC1CCCCC1SC. The van der Waals surface area contributed by atoms with Crippen LogP contribution in [0.1, 0.15) is 25.7 Å². The topological polar surface area (TPSA) is 0 Å². The number of thioether (sulfide) groups is 2. The van der Waals surface area contributed by atoms with Crippen LogP contribution in [0.2, 0.25) is 0 Å². The van der Waals surface area contributed by atoms with Crippen LogP contribution in [0.3, 0.4) is 0 Å². The molecule has 0 nitrogen and oxygen atoms in total. The Hall–Kier alpha value is 0.180. The summed E-state index contributed by atoms with van der Waals surface area (Å²) in [4.78, 5) is 0. The lowest BCUT2D eigenvalue weighted by Gasteiger charge is -2.29. The van der Waals surface area contributed by atoms with Crippen molar-refractivity contribution in [2.45, 2.75) is 36.2 Å². The molecule has 0 aliphatic heterocycles. The molecule has 1 fully saturated rings. The highest BCUT2D eigenvalue weighted by Gasteiger charge is 2.24. The predicted octanol–water partition coefficient (Wildman–Crippen LogP) is 4.14. The van der Waals surface area contributed by atoms with Crippen molar-refractivity contribution in [2.24, 2.45) is 0 Å². The molecule has 0 aromatic rings. The second kappa shape index (κ2) is 6.62. The average molecular weight is 228 g/mol. The summed E-state index contributed by atoms with van der Waals surface area (Å²) in [5, 5.41) is 1.71. The first-order valence-electron chi connectivity index (χ1n) is 5.22. The molecule has 14 heavy (non-hydrogen) atoms. The zero-order valence-electron chi connectivity index (χ0n) is 9.00. The summed E-state index contributed by atoms with van der Waals surface area (Å²) in [6.45, 7) is 7.71. The fraction of sp³-hybridized carbons (Fsp3) is 0.667. The van der Waals surface area contributed by atoms with Crippen molar-refractivity contribution in [2.75, 3.05) is 12.0 Å². The third-order valence-electron chi connectivity index (χ3n) is 2.72. The van der Waals surface area contributed by atoms with E-state index in [1.807, 2.05) is 17.8 Å². The van der Waals surface area contributed by atoms with Gasteiger partial charge in [-0.2, -0.15) is 23.5 Å². The summed E-state index contributed by atoms with van der Waals surface area (Å²) in [5.74, 6) is 1.06. The van der Waals surface area contributed by atoms with E-state index in [1.165, 1.54) is 31.3 Å². The molecule has 0 aromatic heterocycles. The molecule has 2 unspecified atom stereocenters. The molecule has 0 amide bonds. The quantitative estimate of drug-likeness (QED) is 0.649. The monoisotopic (exact) mass is 228 g/mol. The van der Waals surface area contributed by atoms with Gasteiger partial charge < -0.3 is 0 Å².